The highest BCUT2D eigenvalue weighted by Gasteiger charge is 2.50. The van der Waals surface area contributed by atoms with Crippen molar-refractivity contribution in [1.29, 1.82) is 0 Å². The van der Waals surface area contributed by atoms with Gasteiger partial charge in [0.05, 0.1) is 0 Å². The van der Waals surface area contributed by atoms with Crippen molar-refractivity contribution in [2.24, 2.45) is 23.2 Å². The minimum Gasteiger partial charge on any atom is -0.294 e. The van der Waals surface area contributed by atoms with Crippen molar-refractivity contribution >= 4 is 5.78 Å². The fourth-order valence-electron chi connectivity index (χ4n) is 3.26. The van der Waals surface area contributed by atoms with Crippen LogP contribution in [-0.4, -0.2) is 5.78 Å². The van der Waals surface area contributed by atoms with Crippen molar-refractivity contribution in [3.8, 4) is 0 Å². The summed E-state index contributed by atoms with van der Waals surface area (Å²) < 4.78 is 0. The Labute approximate surface area is 98.6 Å². The van der Waals surface area contributed by atoms with Gasteiger partial charge < -0.3 is 0 Å². The molecular weight excluding hydrogens is 196 g/mol. The van der Waals surface area contributed by atoms with Crippen LogP contribution >= 0.6 is 0 Å². The first kappa shape index (κ1) is 11.6. The molecule has 0 radical (unpaired) electrons. The van der Waals surface area contributed by atoms with E-state index in [1.165, 1.54) is 6.42 Å². The van der Waals surface area contributed by atoms with E-state index in [-0.39, 0.29) is 5.41 Å². The molecule has 0 amide bonds. The normalized spacial score (nSPS) is 36.8. The van der Waals surface area contributed by atoms with Crippen molar-refractivity contribution < 1.29 is 4.79 Å². The van der Waals surface area contributed by atoms with Gasteiger partial charge in [0.2, 0.25) is 0 Å². The highest BCUT2D eigenvalue weighted by Crippen LogP contribution is 2.54. The van der Waals surface area contributed by atoms with E-state index in [0.717, 1.165) is 12.8 Å². The van der Waals surface area contributed by atoms with Crippen LogP contribution in [0.5, 0.6) is 0 Å². The monoisotopic (exact) mass is 218 g/mol. The quantitative estimate of drug-likeness (QED) is 0.518. The zero-order chi connectivity index (χ0) is 11.8. The van der Waals surface area contributed by atoms with E-state index in [0.29, 0.717) is 23.5 Å². The highest BCUT2D eigenvalue weighted by molar-refractivity contribution is 5.95. The predicted molar refractivity (Wildman–Crippen MR) is 67.1 cm³/mol. The second-order valence-corrected chi connectivity index (χ2v) is 5.67. The first-order valence-corrected chi connectivity index (χ1v) is 6.49. The molecule has 0 aromatic heterocycles. The zero-order valence-corrected chi connectivity index (χ0v) is 10.6. The maximum Gasteiger partial charge on any atom is 0.162 e. The standard InChI is InChI=1S/C15H22O/c1-4-15(14(16)8-5-11(2)3)10-12-6-7-13(15)9-12/h5-8,11-13H,4,9-10H2,1-3H3. The summed E-state index contributed by atoms with van der Waals surface area (Å²) in [5.74, 6) is 2.00. The van der Waals surface area contributed by atoms with Gasteiger partial charge in [-0.25, -0.2) is 0 Å². The molecule has 2 aliphatic rings. The lowest BCUT2D eigenvalue weighted by atomic mass is 9.70. The van der Waals surface area contributed by atoms with E-state index < -0.39 is 0 Å². The van der Waals surface area contributed by atoms with Gasteiger partial charge in [-0.2, -0.15) is 0 Å². The molecule has 0 aromatic carbocycles. The van der Waals surface area contributed by atoms with Gasteiger partial charge in [-0.1, -0.05) is 39.0 Å². The number of carbonyl (C=O) groups excluding carboxylic acids is 1. The number of hydrogen-bond acceptors (Lipinski definition) is 1. The number of fused-ring (bicyclic) bond motifs is 2. The first-order valence-electron chi connectivity index (χ1n) is 6.49. The van der Waals surface area contributed by atoms with Gasteiger partial charge in [0.25, 0.3) is 0 Å². The first-order chi connectivity index (χ1) is 7.58. The molecule has 0 heterocycles. The molecule has 88 valence electrons. The van der Waals surface area contributed by atoms with Crippen LogP contribution in [0.1, 0.15) is 40.0 Å². The average Bonchev–Trinajstić information content (AvgIpc) is 2.85. The maximum atomic E-state index is 12.4. The summed E-state index contributed by atoms with van der Waals surface area (Å²) in [6, 6.07) is 0. The summed E-state index contributed by atoms with van der Waals surface area (Å²) in [7, 11) is 0. The van der Waals surface area contributed by atoms with Crippen LogP contribution < -0.4 is 0 Å². The molecule has 1 fully saturated rings. The van der Waals surface area contributed by atoms with Gasteiger partial charge in [-0.05, 0) is 43.1 Å². The van der Waals surface area contributed by atoms with Gasteiger partial charge in [-0.15, -0.1) is 0 Å². The van der Waals surface area contributed by atoms with Crippen molar-refractivity contribution in [2.75, 3.05) is 0 Å². The van der Waals surface area contributed by atoms with Crippen LogP contribution in [0.2, 0.25) is 0 Å². The van der Waals surface area contributed by atoms with Crippen LogP contribution in [0, 0.1) is 23.2 Å². The molecule has 1 saturated carbocycles. The van der Waals surface area contributed by atoms with Gasteiger partial charge in [-0.3, -0.25) is 4.79 Å². The highest BCUT2D eigenvalue weighted by atomic mass is 16.1. The fraction of sp³-hybridized carbons (Fsp3) is 0.667. The summed E-state index contributed by atoms with van der Waals surface area (Å²) >= 11 is 0. The number of allylic oxidation sites excluding steroid dienone is 4. The van der Waals surface area contributed by atoms with Crippen molar-refractivity contribution in [2.45, 2.75) is 40.0 Å². The molecule has 0 aromatic rings. The lowest BCUT2D eigenvalue weighted by molar-refractivity contribution is -0.125. The largest absolute Gasteiger partial charge is 0.294 e. The molecule has 0 saturated heterocycles. The van der Waals surface area contributed by atoms with E-state index in [9.17, 15) is 4.79 Å². The molecule has 0 spiro atoms. The second-order valence-electron chi connectivity index (χ2n) is 5.67. The Morgan fingerprint density at radius 1 is 1.50 bits per heavy atom. The molecule has 2 rings (SSSR count). The summed E-state index contributed by atoms with van der Waals surface area (Å²) in [6.45, 7) is 6.39. The number of hydrogen-bond donors (Lipinski definition) is 0. The zero-order valence-electron chi connectivity index (χ0n) is 10.6. The summed E-state index contributed by atoms with van der Waals surface area (Å²) in [5.41, 5.74) is -0.0647. The third-order valence-electron chi connectivity index (χ3n) is 4.26. The molecule has 16 heavy (non-hydrogen) atoms. The molecule has 0 aliphatic heterocycles. The molecule has 2 bridgehead atoms. The van der Waals surface area contributed by atoms with E-state index in [4.69, 9.17) is 0 Å². The lowest BCUT2D eigenvalue weighted by Gasteiger charge is -2.32. The third-order valence-corrected chi connectivity index (χ3v) is 4.26. The SMILES string of the molecule is CCC1(C(=O)C=CC(C)C)CC2C=CC1C2. The van der Waals surface area contributed by atoms with Crippen LogP contribution in [0.25, 0.3) is 0 Å². The molecular formula is C15H22O. The van der Waals surface area contributed by atoms with Crippen molar-refractivity contribution in [3.05, 3.63) is 24.3 Å². The third kappa shape index (κ3) is 1.77. The number of rotatable bonds is 4. The van der Waals surface area contributed by atoms with Crippen LogP contribution in [0.15, 0.2) is 24.3 Å². The summed E-state index contributed by atoms with van der Waals surface area (Å²) in [4.78, 5) is 12.4. The summed E-state index contributed by atoms with van der Waals surface area (Å²) in [6.07, 6.45) is 11.7. The second kappa shape index (κ2) is 4.20. The van der Waals surface area contributed by atoms with Gasteiger partial charge >= 0.3 is 0 Å². The molecule has 3 atom stereocenters. The smallest absolute Gasteiger partial charge is 0.162 e. The topological polar surface area (TPSA) is 17.1 Å². The minimum absolute atomic E-state index is 0.0647. The molecule has 1 heteroatoms. The van der Waals surface area contributed by atoms with Crippen LogP contribution in [-0.2, 0) is 4.79 Å². The maximum absolute atomic E-state index is 12.4. The van der Waals surface area contributed by atoms with Crippen molar-refractivity contribution in [3.63, 3.8) is 0 Å². The van der Waals surface area contributed by atoms with Gasteiger partial charge in [0.15, 0.2) is 5.78 Å². The Bertz CT molecular complexity index is 337. The van der Waals surface area contributed by atoms with Gasteiger partial charge in [0.1, 0.15) is 0 Å². The van der Waals surface area contributed by atoms with E-state index in [2.05, 4.69) is 32.9 Å². The Morgan fingerprint density at radius 2 is 2.25 bits per heavy atom. The Balaban J connectivity index is 2.17. The Hall–Kier alpha value is -0.850. The number of ketones is 1. The van der Waals surface area contributed by atoms with Gasteiger partial charge in [0, 0.05) is 5.41 Å². The van der Waals surface area contributed by atoms with Crippen LogP contribution in [0.4, 0.5) is 0 Å². The molecule has 1 nitrogen and oxygen atoms in total. The molecule has 3 unspecified atom stereocenters. The lowest BCUT2D eigenvalue weighted by Crippen LogP contribution is -2.33. The summed E-state index contributed by atoms with van der Waals surface area (Å²) in [5, 5.41) is 0. The minimum atomic E-state index is -0.0647. The van der Waals surface area contributed by atoms with Crippen molar-refractivity contribution in [1.82, 2.24) is 0 Å². The average molecular weight is 218 g/mol. The molecule has 2 aliphatic carbocycles. The Morgan fingerprint density at radius 3 is 2.69 bits per heavy atom. The number of carbonyl (C=O) groups is 1. The van der Waals surface area contributed by atoms with E-state index >= 15 is 0 Å². The molecule has 0 N–H and O–H groups in total. The van der Waals surface area contributed by atoms with Crippen LogP contribution in [0.3, 0.4) is 0 Å². The fourth-order valence-corrected chi connectivity index (χ4v) is 3.26. The van der Waals surface area contributed by atoms with E-state index in [1.54, 1.807) is 0 Å². The predicted octanol–water partition coefficient (Wildman–Crippen LogP) is 3.76. The van der Waals surface area contributed by atoms with E-state index in [1.807, 2.05) is 12.2 Å². The Kier molecular flexibility index (Phi) is 3.05.